The number of piperidine rings is 1. The lowest BCUT2D eigenvalue weighted by molar-refractivity contribution is -0.181. The molecule has 3 heterocycles. The van der Waals surface area contributed by atoms with Crippen molar-refractivity contribution in [3.8, 4) is 0 Å². The van der Waals surface area contributed by atoms with Crippen molar-refractivity contribution in [2.75, 3.05) is 37.8 Å². The second-order valence-corrected chi connectivity index (χ2v) is 12.0. The van der Waals surface area contributed by atoms with Gasteiger partial charge in [-0.1, -0.05) is 0 Å². The number of benzene rings is 1. The van der Waals surface area contributed by atoms with Gasteiger partial charge in [-0.25, -0.2) is 16.8 Å². The first-order valence-corrected chi connectivity index (χ1v) is 12.7. The summed E-state index contributed by atoms with van der Waals surface area (Å²) in [7, 11) is -7.02. The molecule has 1 spiro atoms. The Kier molecular flexibility index (Phi) is 5.01. The number of carbonyl (C=O) groups is 1. The molecule has 0 N–H and O–H groups in total. The van der Waals surface area contributed by atoms with E-state index in [0.29, 0.717) is 44.7 Å². The standard InChI is InChI=1S/C18H23NO7S2/c20-17(19-8-6-18(7-9-19)25-10-11-26-18)14-1-3-15(4-2-14)28(23,24)16-5-12-27(21,22)13-16/h1-4,16H,5-13H2/t16-/m1/s1. The zero-order valence-electron chi connectivity index (χ0n) is 15.4. The number of hydrogen-bond acceptors (Lipinski definition) is 7. The number of amides is 1. The fourth-order valence-corrected chi connectivity index (χ4v) is 8.36. The van der Waals surface area contributed by atoms with Crippen LogP contribution in [0, 0.1) is 0 Å². The Hall–Kier alpha value is -1.49. The zero-order valence-corrected chi connectivity index (χ0v) is 17.0. The van der Waals surface area contributed by atoms with E-state index in [1.54, 1.807) is 4.90 Å². The molecule has 1 aromatic rings. The Morgan fingerprint density at radius 1 is 1.07 bits per heavy atom. The minimum Gasteiger partial charge on any atom is -0.347 e. The van der Waals surface area contributed by atoms with Gasteiger partial charge in [0.2, 0.25) is 0 Å². The summed E-state index contributed by atoms with van der Waals surface area (Å²) in [4.78, 5) is 14.5. The fourth-order valence-electron chi connectivity index (χ4n) is 4.00. The minimum atomic E-state index is -3.73. The van der Waals surface area contributed by atoms with Crippen molar-refractivity contribution in [3.63, 3.8) is 0 Å². The molecule has 8 nitrogen and oxygen atoms in total. The van der Waals surface area contributed by atoms with Crippen LogP contribution in [-0.2, 0) is 29.1 Å². The van der Waals surface area contributed by atoms with Crippen LogP contribution in [0.25, 0.3) is 0 Å². The van der Waals surface area contributed by atoms with Crippen LogP contribution in [0.5, 0.6) is 0 Å². The molecule has 154 valence electrons. The normalized spacial score (nSPS) is 26.6. The van der Waals surface area contributed by atoms with Crippen molar-refractivity contribution in [1.29, 1.82) is 0 Å². The summed E-state index contributed by atoms with van der Waals surface area (Å²) in [6, 6.07) is 5.77. The molecule has 3 fully saturated rings. The van der Waals surface area contributed by atoms with Gasteiger partial charge in [-0.05, 0) is 30.7 Å². The summed E-state index contributed by atoms with van der Waals surface area (Å²) >= 11 is 0. The molecule has 1 aromatic carbocycles. The van der Waals surface area contributed by atoms with Crippen LogP contribution >= 0.6 is 0 Å². The summed E-state index contributed by atoms with van der Waals surface area (Å²) < 4.78 is 59.8. The summed E-state index contributed by atoms with van der Waals surface area (Å²) in [6.45, 7) is 2.18. The number of hydrogen-bond donors (Lipinski definition) is 0. The van der Waals surface area contributed by atoms with Gasteiger partial charge in [-0.15, -0.1) is 0 Å². The second-order valence-electron chi connectivity index (χ2n) is 7.49. The van der Waals surface area contributed by atoms with Crippen LogP contribution in [0.2, 0.25) is 0 Å². The van der Waals surface area contributed by atoms with E-state index in [1.165, 1.54) is 24.3 Å². The van der Waals surface area contributed by atoms with Gasteiger partial charge in [-0.2, -0.15) is 0 Å². The molecule has 0 radical (unpaired) electrons. The summed E-state index contributed by atoms with van der Waals surface area (Å²) in [5.41, 5.74) is 0.405. The average Bonchev–Trinajstić information content (AvgIpc) is 3.28. The van der Waals surface area contributed by atoms with Gasteiger partial charge < -0.3 is 14.4 Å². The molecule has 28 heavy (non-hydrogen) atoms. The molecule has 3 saturated heterocycles. The predicted octanol–water partition coefficient (Wildman–Crippen LogP) is 0.626. The molecule has 0 unspecified atom stereocenters. The van der Waals surface area contributed by atoms with Crippen molar-refractivity contribution in [3.05, 3.63) is 29.8 Å². The molecule has 3 aliphatic heterocycles. The smallest absolute Gasteiger partial charge is 0.253 e. The molecule has 4 rings (SSSR count). The van der Waals surface area contributed by atoms with Crippen LogP contribution in [0.4, 0.5) is 0 Å². The van der Waals surface area contributed by atoms with Crippen molar-refractivity contribution < 1.29 is 31.1 Å². The Bertz CT molecular complexity index is 954. The Labute approximate surface area is 164 Å². The lowest BCUT2D eigenvalue weighted by Gasteiger charge is -2.37. The van der Waals surface area contributed by atoms with Crippen LogP contribution in [-0.4, -0.2) is 76.5 Å². The monoisotopic (exact) mass is 429 g/mol. The van der Waals surface area contributed by atoms with Gasteiger partial charge >= 0.3 is 0 Å². The number of carbonyl (C=O) groups excluding carboxylic acids is 1. The van der Waals surface area contributed by atoms with Crippen LogP contribution < -0.4 is 0 Å². The van der Waals surface area contributed by atoms with Crippen LogP contribution in [0.1, 0.15) is 29.6 Å². The Morgan fingerprint density at radius 2 is 1.68 bits per heavy atom. The highest BCUT2D eigenvalue weighted by Crippen LogP contribution is 2.32. The molecule has 0 saturated carbocycles. The first kappa shape index (κ1) is 19.8. The molecule has 1 atom stereocenters. The molecule has 0 aliphatic carbocycles. The highest BCUT2D eigenvalue weighted by Gasteiger charge is 2.41. The molecule has 10 heteroatoms. The second kappa shape index (κ2) is 7.08. The lowest BCUT2D eigenvalue weighted by Crippen LogP contribution is -2.47. The SMILES string of the molecule is O=C(c1ccc(S(=O)(=O)[C@@H]2CCS(=O)(=O)C2)cc1)N1CCC2(CC1)OCCO2. The highest BCUT2D eigenvalue weighted by atomic mass is 32.2. The van der Waals surface area contributed by atoms with Crippen LogP contribution in [0.15, 0.2) is 29.2 Å². The van der Waals surface area contributed by atoms with Crippen molar-refractivity contribution in [1.82, 2.24) is 4.90 Å². The Balaban J connectivity index is 1.44. The number of ether oxygens (including phenoxy) is 2. The molecular weight excluding hydrogens is 406 g/mol. The maximum atomic E-state index is 12.7. The van der Waals surface area contributed by atoms with Crippen molar-refractivity contribution in [2.24, 2.45) is 0 Å². The van der Waals surface area contributed by atoms with Gasteiger partial charge in [0.25, 0.3) is 5.91 Å². The molecule has 3 aliphatic rings. The predicted molar refractivity (Wildman–Crippen MR) is 100 cm³/mol. The van der Waals surface area contributed by atoms with E-state index in [0.717, 1.165) is 0 Å². The topological polar surface area (TPSA) is 107 Å². The van der Waals surface area contributed by atoms with E-state index < -0.39 is 30.7 Å². The number of likely N-dealkylation sites (tertiary alicyclic amines) is 1. The summed E-state index contributed by atoms with van der Waals surface area (Å²) in [6.07, 6.45) is 1.34. The van der Waals surface area contributed by atoms with E-state index in [2.05, 4.69) is 0 Å². The van der Waals surface area contributed by atoms with Gasteiger partial charge in [0.15, 0.2) is 25.5 Å². The molecule has 0 aromatic heterocycles. The van der Waals surface area contributed by atoms with Crippen molar-refractivity contribution >= 4 is 25.6 Å². The van der Waals surface area contributed by atoms with Crippen LogP contribution in [0.3, 0.4) is 0 Å². The summed E-state index contributed by atoms with van der Waals surface area (Å²) in [5, 5.41) is -0.913. The number of nitrogens with zero attached hydrogens (tertiary/aromatic N) is 1. The summed E-state index contributed by atoms with van der Waals surface area (Å²) in [5.74, 6) is -1.16. The number of sulfone groups is 2. The minimum absolute atomic E-state index is 0.0523. The molecule has 1 amide bonds. The van der Waals surface area contributed by atoms with Gasteiger partial charge in [0.05, 0.1) is 34.9 Å². The first-order valence-electron chi connectivity index (χ1n) is 9.32. The van der Waals surface area contributed by atoms with Gasteiger partial charge in [0.1, 0.15) is 0 Å². The van der Waals surface area contributed by atoms with E-state index >= 15 is 0 Å². The third-order valence-electron chi connectivity index (χ3n) is 5.69. The fraction of sp³-hybridized carbons (Fsp3) is 0.611. The lowest BCUT2D eigenvalue weighted by atomic mass is 10.0. The largest absolute Gasteiger partial charge is 0.347 e. The maximum absolute atomic E-state index is 12.7. The van der Waals surface area contributed by atoms with Crippen molar-refractivity contribution in [2.45, 2.75) is 35.2 Å². The molecular formula is C18H23NO7S2. The third-order valence-corrected chi connectivity index (χ3v) is 9.87. The van der Waals surface area contributed by atoms with E-state index in [4.69, 9.17) is 9.47 Å². The highest BCUT2D eigenvalue weighted by molar-refractivity contribution is 7.96. The quantitative estimate of drug-likeness (QED) is 0.693. The Morgan fingerprint density at radius 3 is 2.21 bits per heavy atom. The molecule has 0 bridgehead atoms. The third kappa shape index (κ3) is 3.70. The van der Waals surface area contributed by atoms with E-state index in [-0.39, 0.29) is 28.7 Å². The first-order chi connectivity index (χ1) is 13.2. The maximum Gasteiger partial charge on any atom is 0.253 e. The zero-order chi connectivity index (χ0) is 20.0. The van der Waals surface area contributed by atoms with Gasteiger partial charge in [-0.3, -0.25) is 4.79 Å². The number of rotatable bonds is 3. The average molecular weight is 430 g/mol. The van der Waals surface area contributed by atoms with Gasteiger partial charge in [0, 0.05) is 31.5 Å². The van der Waals surface area contributed by atoms with E-state index in [1.807, 2.05) is 0 Å². The van der Waals surface area contributed by atoms with E-state index in [9.17, 15) is 21.6 Å².